The van der Waals surface area contributed by atoms with Gasteiger partial charge in [0, 0.05) is 19.1 Å². The molecule has 1 unspecified atom stereocenters. The molecule has 2 aliphatic heterocycles. The van der Waals surface area contributed by atoms with Crippen molar-refractivity contribution in [3.05, 3.63) is 23.8 Å². The van der Waals surface area contributed by atoms with Gasteiger partial charge in [-0.2, -0.15) is 0 Å². The lowest BCUT2D eigenvalue weighted by molar-refractivity contribution is -0.0153. The predicted molar refractivity (Wildman–Crippen MR) is 85.8 cm³/mol. The van der Waals surface area contributed by atoms with E-state index in [1.807, 2.05) is 6.92 Å². The number of hydrogen-bond acceptors (Lipinski definition) is 5. The van der Waals surface area contributed by atoms with Gasteiger partial charge in [-0.15, -0.1) is 12.4 Å². The standard InChI is InChI=1S/C15H19NO4S.ClH/c1-10-14(17)12-9-11(21(2,18)19)3-4-13(12)20-15(10)5-7-16-8-6-15;/h3-4,9-10,16H,5-8H2,1-2H3;1H. The summed E-state index contributed by atoms with van der Waals surface area (Å²) in [5.74, 6) is 0.220. The van der Waals surface area contributed by atoms with Crippen molar-refractivity contribution in [1.82, 2.24) is 5.32 Å². The fourth-order valence-corrected chi connectivity index (χ4v) is 3.83. The number of rotatable bonds is 1. The predicted octanol–water partition coefficient (Wildman–Crippen LogP) is 1.85. The number of fused-ring (bicyclic) bond motifs is 1. The van der Waals surface area contributed by atoms with Gasteiger partial charge in [-0.1, -0.05) is 6.92 Å². The minimum Gasteiger partial charge on any atom is -0.486 e. The Bertz CT molecular complexity index is 695. The van der Waals surface area contributed by atoms with Gasteiger partial charge in [0.2, 0.25) is 0 Å². The first-order valence-electron chi connectivity index (χ1n) is 7.12. The molecule has 0 saturated carbocycles. The van der Waals surface area contributed by atoms with Crippen molar-refractivity contribution >= 4 is 28.0 Å². The largest absolute Gasteiger partial charge is 0.486 e. The number of nitrogens with one attached hydrogen (secondary N) is 1. The molecule has 0 amide bonds. The smallest absolute Gasteiger partial charge is 0.175 e. The van der Waals surface area contributed by atoms with Gasteiger partial charge < -0.3 is 10.1 Å². The highest BCUT2D eigenvalue weighted by molar-refractivity contribution is 7.90. The Morgan fingerprint density at radius 2 is 1.91 bits per heavy atom. The molecule has 7 heteroatoms. The number of ketones is 1. The Morgan fingerprint density at radius 1 is 1.27 bits per heavy atom. The second-order valence-electron chi connectivity index (χ2n) is 5.93. The van der Waals surface area contributed by atoms with Crippen molar-refractivity contribution < 1.29 is 17.9 Å². The van der Waals surface area contributed by atoms with E-state index in [2.05, 4.69) is 5.32 Å². The molecular weight excluding hydrogens is 326 g/mol. The minimum atomic E-state index is -3.33. The first-order valence-corrected chi connectivity index (χ1v) is 9.01. The molecule has 2 heterocycles. The van der Waals surface area contributed by atoms with Crippen molar-refractivity contribution in [2.45, 2.75) is 30.3 Å². The Labute approximate surface area is 136 Å². The van der Waals surface area contributed by atoms with Gasteiger partial charge in [0.15, 0.2) is 15.6 Å². The number of benzene rings is 1. The molecule has 0 bridgehead atoms. The van der Waals surface area contributed by atoms with Gasteiger partial charge in [-0.25, -0.2) is 8.42 Å². The van der Waals surface area contributed by atoms with Crippen molar-refractivity contribution in [2.24, 2.45) is 5.92 Å². The molecule has 3 rings (SSSR count). The number of carbonyl (C=O) groups is 1. The lowest BCUT2D eigenvalue weighted by Crippen LogP contribution is -2.55. The van der Waals surface area contributed by atoms with Gasteiger partial charge in [0.1, 0.15) is 11.4 Å². The summed E-state index contributed by atoms with van der Waals surface area (Å²) >= 11 is 0. The Balaban J connectivity index is 0.00000176. The summed E-state index contributed by atoms with van der Waals surface area (Å²) in [5.41, 5.74) is -0.0725. The molecule has 1 N–H and O–H groups in total. The number of halogens is 1. The summed E-state index contributed by atoms with van der Waals surface area (Å²) in [4.78, 5) is 12.8. The van der Waals surface area contributed by atoms with Gasteiger partial charge >= 0.3 is 0 Å². The van der Waals surface area contributed by atoms with Gasteiger partial charge in [0.25, 0.3) is 0 Å². The van der Waals surface area contributed by atoms with E-state index in [9.17, 15) is 13.2 Å². The highest BCUT2D eigenvalue weighted by Gasteiger charge is 2.47. The van der Waals surface area contributed by atoms with E-state index in [0.717, 1.165) is 32.2 Å². The summed E-state index contributed by atoms with van der Waals surface area (Å²) < 4.78 is 29.4. The topological polar surface area (TPSA) is 72.5 Å². The molecule has 22 heavy (non-hydrogen) atoms. The van der Waals surface area contributed by atoms with Crippen LogP contribution < -0.4 is 10.1 Å². The number of sulfone groups is 1. The molecule has 0 aliphatic carbocycles. The van der Waals surface area contributed by atoms with Crippen LogP contribution in [0.15, 0.2) is 23.1 Å². The molecular formula is C15H20ClNO4S. The maximum Gasteiger partial charge on any atom is 0.175 e. The van der Waals surface area contributed by atoms with Crippen molar-refractivity contribution in [3.63, 3.8) is 0 Å². The molecule has 1 spiro atoms. The number of hydrogen-bond donors (Lipinski definition) is 1. The van der Waals surface area contributed by atoms with E-state index in [1.165, 1.54) is 12.1 Å². The molecule has 1 fully saturated rings. The monoisotopic (exact) mass is 345 g/mol. The molecule has 1 atom stereocenters. The number of Topliss-reactive ketones (excluding diaryl/α,β-unsaturated/α-hetero) is 1. The third-order valence-electron chi connectivity index (χ3n) is 4.59. The molecule has 2 aliphatic rings. The van der Waals surface area contributed by atoms with Crippen LogP contribution in [0.5, 0.6) is 5.75 Å². The fourth-order valence-electron chi connectivity index (χ4n) is 3.19. The van der Waals surface area contributed by atoms with Crippen molar-refractivity contribution in [3.8, 4) is 5.75 Å². The summed E-state index contributed by atoms with van der Waals surface area (Å²) in [6, 6.07) is 4.56. The molecule has 0 aromatic heterocycles. The molecule has 1 saturated heterocycles. The zero-order valence-corrected chi connectivity index (χ0v) is 14.2. The summed E-state index contributed by atoms with van der Waals surface area (Å²) in [5, 5.41) is 3.27. The molecule has 5 nitrogen and oxygen atoms in total. The third kappa shape index (κ3) is 2.75. The summed E-state index contributed by atoms with van der Waals surface area (Å²) in [6.45, 7) is 3.53. The van der Waals surface area contributed by atoms with E-state index < -0.39 is 15.4 Å². The maximum atomic E-state index is 12.7. The van der Waals surface area contributed by atoms with E-state index in [-0.39, 0.29) is 29.0 Å². The highest BCUT2D eigenvalue weighted by atomic mass is 35.5. The molecule has 1 aromatic rings. The number of piperidine rings is 1. The van der Waals surface area contributed by atoms with Crippen LogP contribution in [0.1, 0.15) is 30.1 Å². The Morgan fingerprint density at radius 3 is 2.50 bits per heavy atom. The quantitative estimate of drug-likeness (QED) is 0.841. The zero-order chi connectivity index (χ0) is 15.3. The number of carbonyl (C=O) groups excluding carboxylic acids is 1. The van der Waals surface area contributed by atoms with E-state index in [4.69, 9.17) is 4.74 Å². The maximum absolute atomic E-state index is 12.7. The highest BCUT2D eigenvalue weighted by Crippen LogP contribution is 2.42. The summed E-state index contributed by atoms with van der Waals surface area (Å²) in [6.07, 6.45) is 2.71. The van der Waals surface area contributed by atoms with Crippen LogP contribution in [0.4, 0.5) is 0 Å². The molecule has 122 valence electrons. The lowest BCUT2D eigenvalue weighted by Gasteiger charge is -2.45. The molecule has 1 aromatic carbocycles. The SMILES string of the molecule is CC1C(=O)c2cc(S(C)(=O)=O)ccc2OC12CCNCC2.Cl. The first kappa shape index (κ1) is 17.2. The Kier molecular flexibility index (Phi) is 4.57. The third-order valence-corrected chi connectivity index (χ3v) is 5.70. The second kappa shape index (κ2) is 5.83. The van der Waals surface area contributed by atoms with Gasteiger partial charge in [-0.05, 0) is 31.3 Å². The van der Waals surface area contributed by atoms with Gasteiger partial charge in [-0.3, -0.25) is 4.79 Å². The van der Waals surface area contributed by atoms with Crippen molar-refractivity contribution in [2.75, 3.05) is 19.3 Å². The van der Waals surface area contributed by atoms with Gasteiger partial charge in [0.05, 0.1) is 16.4 Å². The average Bonchev–Trinajstić information content (AvgIpc) is 2.45. The average molecular weight is 346 g/mol. The van der Waals surface area contributed by atoms with E-state index in [0.29, 0.717) is 11.3 Å². The first-order chi connectivity index (χ1) is 9.83. The van der Waals surface area contributed by atoms with Crippen LogP contribution in [0.3, 0.4) is 0 Å². The van der Waals surface area contributed by atoms with Crippen LogP contribution in [-0.4, -0.2) is 39.1 Å². The zero-order valence-electron chi connectivity index (χ0n) is 12.6. The minimum absolute atomic E-state index is 0. The van der Waals surface area contributed by atoms with Crippen LogP contribution in [0.25, 0.3) is 0 Å². The molecule has 0 radical (unpaired) electrons. The Hall–Kier alpha value is -1.11. The van der Waals surface area contributed by atoms with Crippen molar-refractivity contribution in [1.29, 1.82) is 0 Å². The normalized spacial score (nSPS) is 23.4. The second-order valence-corrected chi connectivity index (χ2v) is 7.95. The lowest BCUT2D eigenvalue weighted by atomic mass is 9.75. The van der Waals surface area contributed by atoms with E-state index >= 15 is 0 Å². The summed E-state index contributed by atoms with van der Waals surface area (Å²) in [7, 11) is -3.33. The van der Waals surface area contributed by atoms with Crippen LogP contribution in [-0.2, 0) is 9.84 Å². The fraction of sp³-hybridized carbons (Fsp3) is 0.533. The van der Waals surface area contributed by atoms with Crippen LogP contribution >= 0.6 is 12.4 Å². The van der Waals surface area contributed by atoms with Crippen LogP contribution in [0.2, 0.25) is 0 Å². The van der Waals surface area contributed by atoms with E-state index in [1.54, 1.807) is 6.07 Å². The number of ether oxygens (including phenoxy) is 1. The van der Waals surface area contributed by atoms with Crippen LogP contribution in [0, 0.1) is 5.92 Å².